The number of hydrogen-bond donors (Lipinski definition) is 1. The van der Waals surface area contributed by atoms with E-state index in [-0.39, 0.29) is 6.54 Å². The van der Waals surface area contributed by atoms with E-state index >= 15 is 0 Å². The third-order valence-electron chi connectivity index (χ3n) is 4.93. The van der Waals surface area contributed by atoms with Gasteiger partial charge in [0.25, 0.3) is 5.91 Å². The van der Waals surface area contributed by atoms with Crippen LogP contribution >= 0.6 is 15.9 Å². The number of aryl methyl sites for hydroxylation is 2. The number of carbonyl (C=O) groups excluding carboxylic acids is 1. The van der Waals surface area contributed by atoms with Crippen LogP contribution in [0, 0.1) is 20.8 Å². The van der Waals surface area contributed by atoms with Gasteiger partial charge in [0.1, 0.15) is 6.54 Å². The van der Waals surface area contributed by atoms with Crippen molar-refractivity contribution >= 4 is 43.8 Å². The smallest absolute Gasteiger partial charge is 0.260 e. The van der Waals surface area contributed by atoms with Gasteiger partial charge in [0.2, 0.25) is 10.0 Å². The third kappa shape index (κ3) is 5.66. The summed E-state index contributed by atoms with van der Waals surface area (Å²) in [6.45, 7) is 5.47. The van der Waals surface area contributed by atoms with Crippen LogP contribution in [0.15, 0.2) is 64.2 Å². The van der Waals surface area contributed by atoms with Gasteiger partial charge in [-0.15, -0.1) is 0 Å². The molecule has 0 spiro atoms. The normalized spacial score (nSPS) is 11.7. The molecule has 1 aromatic heterocycles. The summed E-state index contributed by atoms with van der Waals surface area (Å²) in [6, 6.07) is 16.9. The quantitative estimate of drug-likeness (QED) is 0.379. The topological polar surface area (TPSA) is 83.8 Å². The first kappa shape index (κ1) is 23.7. The lowest BCUT2D eigenvalue weighted by Gasteiger charge is -2.21. The summed E-state index contributed by atoms with van der Waals surface area (Å²) >= 11 is 3.44. The number of anilines is 1. The number of hydrogen-bond acceptors (Lipinski definition) is 4. The van der Waals surface area contributed by atoms with Gasteiger partial charge in [0, 0.05) is 27.1 Å². The molecule has 0 aliphatic carbocycles. The Morgan fingerprint density at radius 2 is 1.81 bits per heavy atom. The van der Waals surface area contributed by atoms with Crippen molar-refractivity contribution < 1.29 is 13.2 Å². The molecule has 0 atom stereocenters. The summed E-state index contributed by atoms with van der Waals surface area (Å²) in [5, 5.41) is 4.04. The maximum absolute atomic E-state index is 12.4. The second kappa shape index (κ2) is 9.70. The highest BCUT2D eigenvalue weighted by Crippen LogP contribution is 2.22. The first-order valence-electron chi connectivity index (χ1n) is 9.87. The van der Waals surface area contributed by atoms with Crippen LogP contribution in [0.2, 0.25) is 0 Å². The van der Waals surface area contributed by atoms with Crippen molar-refractivity contribution in [3.8, 4) is 5.69 Å². The Labute approximate surface area is 196 Å². The summed E-state index contributed by atoms with van der Waals surface area (Å²) in [5.74, 6) is -0.533. The van der Waals surface area contributed by atoms with Gasteiger partial charge in [0.15, 0.2) is 0 Å². The standard InChI is InChI=1S/C23H25BrN4O3S/c1-16-6-5-7-22(12-16)27(32(4,30)31)15-23(29)26-25-14-19-13-17(2)28(18(19)3)21-10-8-20(24)9-11-21/h5-14H,15H2,1-4H3,(H,26,29)/b25-14+. The molecule has 1 heterocycles. The van der Waals surface area contributed by atoms with Gasteiger partial charge in [-0.1, -0.05) is 28.1 Å². The van der Waals surface area contributed by atoms with E-state index in [1.165, 1.54) is 0 Å². The summed E-state index contributed by atoms with van der Waals surface area (Å²) in [6.07, 6.45) is 2.63. The zero-order chi connectivity index (χ0) is 23.5. The number of rotatable bonds is 7. The van der Waals surface area contributed by atoms with Gasteiger partial charge >= 0.3 is 0 Å². The molecule has 0 saturated carbocycles. The van der Waals surface area contributed by atoms with Crippen molar-refractivity contribution in [2.75, 3.05) is 17.1 Å². The van der Waals surface area contributed by atoms with Gasteiger partial charge in [-0.3, -0.25) is 9.10 Å². The lowest BCUT2D eigenvalue weighted by atomic mass is 10.2. The van der Waals surface area contributed by atoms with Crippen LogP contribution in [-0.4, -0.2) is 37.9 Å². The molecular weight excluding hydrogens is 492 g/mol. The lowest BCUT2D eigenvalue weighted by Crippen LogP contribution is -2.39. The van der Waals surface area contributed by atoms with Crippen molar-refractivity contribution in [1.82, 2.24) is 9.99 Å². The molecular formula is C23H25BrN4O3S. The number of amides is 1. The molecule has 32 heavy (non-hydrogen) atoms. The molecule has 3 aromatic rings. The van der Waals surface area contributed by atoms with Crippen molar-refractivity contribution in [2.45, 2.75) is 20.8 Å². The van der Waals surface area contributed by atoms with Crippen molar-refractivity contribution in [3.63, 3.8) is 0 Å². The van der Waals surface area contributed by atoms with Gasteiger partial charge in [-0.2, -0.15) is 5.10 Å². The van der Waals surface area contributed by atoms with Gasteiger partial charge in [-0.25, -0.2) is 13.8 Å². The Bertz CT molecular complexity index is 1260. The van der Waals surface area contributed by atoms with Crippen LogP contribution in [0.1, 0.15) is 22.5 Å². The molecule has 3 rings (SSSR count). The largest absolute Gasteiger partial charge is 0.318 e. The SMILES string of the molecule is Cc1cccc(N(CC(=O)N/N=C/c2cc(C)n(-c3ccc(Br)cc3)c2C)S(C)(=O)=O)c1. The van der Waals surface area contributed by atoms with Gasteiger partial charge < -0.3 is 4.57 Å². The maximum atomic E-state index is 12.4. The minimum Gasteiger partial charge on any atom is -0.318 e. The minimum atomic E-state index is -3.64. The maximum Gasteiger partial charge on any atom is 0.260 e. The molecule has 168 valence electrons. The number of carbonyl (C=O) groups is 1. The summed E-state index contributed by atoms with van der Waals surface area (Å²) < 4.78 is 28.6. The first-order valence-corrected chi connectivity index (χ1v) is 12.5. The Kier molecular flexibility index (Phi) is 7.20. The second-order valence-corrected chi connectivity index (χ2v) is 10.4. The summed E-state index contributed by atoms with van der Waals surface area (Å²) in [7, 11) is -3.64. The fraction of sp³-hybridized carbons (Fsp3) is 0.217. The van der Waals surface area contributed by atoms with Crippen LogP contribution in [0.4, 0.5) is 5.69 Å². The molecule has 7 nitrogen and oxygen atoms in total. The van der Waals surface area contributed by atoms with E-state index in [9.17, 15) is 13.2 Å². The predicted octanol–water partition coefficient (Wildman–Crippen LogP) is 4.08. The molecule has 0 unspecified atom stereocenters. The van der Waals surface area contributed by atoms with Crippen LogP contribution in [0.5, 0.6) is 0 Å². The summed E-state index contributed by atoms with van der Waals surface area (Å²) in [4.78, 5) is 12.4. The molecule has 0 bridgehead atoms. The van der Waals surface area contributed by atoms with Crippen molar-refractivity contribution in [1.29, 1.82) is 0 Å². The molecule has 0 aliphatic heterocycles. The number of hydrazone groups is 1. The number of nitrogens with zero attached hydrogens (tertiary/aromatic N) is 3. The molecule has 1 N–H and O–H groups in total. The highest BCUT2D eigenvalue weighted by Gasteiger charge is 2.20. The fourth-order valence-corrected chi connectivity index (χ4v) is 4.54. The lowest BCUT2D eigenvalue weighted by molar-refractivity contribution is -0.119. The average molecular weight is 517 g/mol. The number of aromatic nitrogens is 1. The summed E-state index contributed by atoms with van der Waals surface area (Å²) in [5.41, 5.74) is 7.64. The molecule has 2 aromatic carbocycles. The molecule has 1 amide bonds. The zero-order valence-electron chi connectivity index (χ0n) is 18.3. The Morgan fingerprint density at radius 1 is 1.12 bits per heavy atom. The zero-order valence-corrected chi connectivity index (χ0v) is 20.7. The average Bonchev–Trinajstić information content (AvgIpc) is 2.99. The van der Waals surface area contributed by atoms with E-state index in [1.807, 2.05) is 57.2 Å². The van der Waals surface area contributed by atoms with E-state index in [0.29, 0.717) is 5.69 Å². The van der Waals surface area contributed by atoms with Crippen LogP contribution in [-0.2, 0) is 14.8 Å². The number of nitrogens with one attached hydrogen (secondary N) is 1. The highest BCUT2D eigenvalue weighted by atomic mass is 79.9. The van der Waals surface area contributed by atoms with Gasteiger partial charge in [0.05, 0.1) is 18.2 Å². The Morgan fingerprint density at radius 3 is 2.44 bits per heavy atom. The second-order valence-electron chi connectivity index (χ2n) is 7.54. The number of halogens is 1. The Hall–Kier alpha value is -2.91. The van der Waals surface area contributed by atoms with Crippen molar-refractivity contribution in [3.05, 3.63) is 81.6 Å². The van der Waals surface area contributed by atoms with Gasteiger partial charge in [-0.05, 0) is 68.8 Å². The van der Waals surface area contributed by atoms with Crippen LogP contribution in [0.25, 0.3) is 5.69 Å². The molecule has 0 radical (unpaired) electrons. The van der Waals surface area contributed by atoms with E-state index < -0.39 is 15.9 Å². The molecule has 0 fully saturated rings. The molecule has 0 aliphatic rings. The van der Waals surface area contributed by atoms with Crippen LogP contribution < -0.4 is 9.73 Å². The molecule has 0 saturated heterocycles. The van der Waals surface area contributed by atoms with Crippen molar-refractivity contribution in [2.24, 2.45) is 5.10 Å². The molecule has 9 heteroatoms. The van der Waals surface area contributed by atoms with E-state index in [0.717, 1.165) is 43.2 Å². The fourth-order valence-electron chi connectivity index (χ4n) is 3.43. The highest BCUT2D eigenvalue weighted by molar-refractivity contribution is 9.10. The Balaban J connectivity index is 1.73. The predicted molar refractivity (Wildman–Crippen MR) is 132 cm³/mol. The van der Waals surface area contributed by atoms with E-state index in [4.69, 9.17) is 0 Å². The monoisotopic (exact) mass is 516 g/mol. The number of benzene rings is 2. The third-order valence-corrected chi connectivity index (χ3v) is 6.59. The minimum absolute atomic E-state index is 0.364. The van der Waals surface area contributed by atoms with Crippen LogP contribution in [0.3, 0.4) is 0 Å². The van der Waals surface area contributed by atoms with E-state index in [1.54, 1.807) is 24.4 Å². The number of sulfonamides is 1. The first-order chi connectivity index (χ1) is 15.1. The van der Waals surface area contributed by atoms with E-state index in [2.05, 4.69) is 31.0 Å².